The first-order valence-corrected chi connectivity index (χ1v) is 12.8. The van der Waals surface area contributed by atoms with Crippen LogP contribution in [0.2, 0.25) is 10.0 Å². The largest absolute Gasteiger partial charge is 0.495 e. The molecule has 0 bridgehead atoms. The number of ketones is 1. The van der Waals surface area contributed by atoms with Gasteiger partial charge in [0.1, 0.15) is 17.1 Å². The van der Waals surface area contributed by atoms with Crippen LogP contribution in [0.4, 0.5) is 11.6 Å². The molecule has 0 fully saturated rings. The molecule has 0 unspecified atom stereocenters. The summed E-state index contributed by atoms with van der Waals surface area (Å²) in [5.41, 5.74) is 6.09. The SMILES string of the molecule is C=CC(=O)Cc1cc(C)cc(C)c1Nc1ncc2cc(-c3c(Cl)c(OC)cc(OC)c3Cl)c3nccn3c2n1. The molecule has 5 aromatic rings. The fourth-order valence-corrected chi connectivity index (χ4v) is 5.39. The van der Waals surface area contributed by atoms with Crippen molar-refractivity contribution >= 4 is 57.3 Å². The van der Waals surface area contributed by atoms with Crippen LogP contribution in [0.1, 0.15) is 16.7 Å². The van der Waals surface area contributed by atoms with Crippen molar-refractivity contribution in [1.29, 1.82) is 0 Å². The monoisotopic (exact) mass is 561 g/mol. The Kier molecular flexibility index (Phi) is 7.16. The molecule has 5 rings (SSSR count). The van der Waals surface area contributed by atoms with Crippen molar-refractivity contribution in [2.24, 2.45) is 0 Å². The maximum Gasteiger partial charge on any atom is 0.229 e. The molecule has 0 saturated carbocycles. The number of allylic oxidation sites excluding steroid dienone is 1. The fourth-order valence-electron chi connectivity index (χ4n) is 4.68. The minimum absolute atomic E-state index is 0.0679. The second-order valence-electron chi connectivity index (χ2n) is 9.02. The molecule has 198 valence electrons. The van der Waals surface area contributed by atoms with E-state index in [9.17, 15) is 4.79 Å². The maximum absolute atomic E-state index is 12.2. The molecule has 3 heterocycles. The molecule has 0 radical (unpaired) electrons. The number of nitrogens with zero attached hydrogens (tertiary/aromatic N) is 4. The van der Waals surface area contributed by atoms with Gasteiger partial charge in [-0.3, -0.25) is 9.20 Å². The Labute approximate surface area is 235 Å². The summed E-state index contributed by atoms with van der Waals surface area (Å²) in [5, 5.41) is 4.73. The van der Waals surface area contributed by atoms with Gasteiger partial charge in [-0.15, -0.1) is 0 Å². The summed E-state index contributed by atoms with van der Waals surface area (Å²) in [6, 6.07) is 7.55. The van der Waals surface area contributed by atoms with Crippen LogP contribution in [0.3, 0.4) is 0 Å². The van der Waals surface area contributed by atoms with E-state index >= 15 is 0 Å². The van der Waals surface area contributed by atoms with E-state index in [1.165, 1.54) is 20.3 Å². The molecule has 10 heteroatoms. The van der Waals surface area contributed by atoms with Crippen LogP contribution in [-0.2, 0) is 11.2 Å². The average Bonchev–Trinajstić information content (AvgIpc) is 3.41. The fraction of sp³-hybridized carbons (Fsp3) is 0.172. The Bertz CT molecular complexity index is 1750. The van der Waals surface area contributed by atoms with E-state index in [2.05, 4.69) is 21.9 Å². The van der Waals surface area contributed by atoms with E-state index in [0.717, 1.165) is 27.8 Å². The summed E-state index contributed by atoms with van der Waals surface area (Å²) in [5.74, 6) is 1.16. The lowest BCUT2D eigenvalue weighted by atomic mass is 10.00. The number of anilines is 2. The Morgan fingerprint density at radius 1 is 1.05 bits per heavy atom. The second kappa shape index (κ2) is 10.6. The zero-order valence-electron chi connectivity index (χ0n) is 21.8. The minimum atomic E-state index is -0.0679. The lowest BCUT2D eigenvalue weighted by Crippen LogP contribution is -2.07. The average molecular weight is 562 g/mol. The van der Waals surface area contributed by atoms with Crippen LogP contribution < -0.4 is 14.8 Å². The normalized spacial score (nSPS) is 11.1. The molecule has 0 aliphatic heterocycles. The van der Waals surface area contributed by atoms with Crippen molar-refractivity contribution in [3.05, 3.63) is 82.2 Å². The number of carbonyl (C=O) groups is 1. The van der Waals surface area contributed by atoms with Crippen LogP contribution >= 0.6 is 23.2 Å². The summed E-state index contributed by atoms with van der Waals surface area (Å²) in [6.07, 6.45) is 6.75. The highest BCUT2D eigenvalue weighted by Crippen LogP contribution is 2.47. The molecule has 0 spiro atoms. The van der Waals surface area contributed by atoms with Crippen molar-refractivity contribution in [3.8, 4) is 22.6 Å². The highest BCUT2D eigenvalue weighted by molar-refractivity contribution is 6.41. The number of benzene rings is 2. The van der Waals surface area contributed by atoms with Crippen LogP contribution in [0.5, 0.6) is 11.5 Å². The number of pyridine rings is 1. The first-order valence-electron chi connectivity index (χ1n) is 12.0. The zero-order chi connectivity index (χ0) is 27.8. The van der Waals surface area contributed by atoms with Gasteiger partial charge in [0.15, 0.2) is 11.4 Å². The first-order chi connectivity index (χ1) is 18.7. The molecule has 0 amide bonds. The molecule has 1 N–H and O–H groups in total. The number of carbonyl (C=O) groups excluding carboxylic acids is 1. The number of fused-ring (bicyclic) bond motifs is 3. The molecule has 0 saturated heterocycles. The van der Waals surface area contributed by atoms with Crippen molar-refractivity contribution in [1.82, 2.24) is 19.4 Å². The van der Waals surface area contributed by atoms with Gasteiger partial charge >= 0.3 is 0 Å². The summed E-state index contributed by atoms with van der Waals surface area (Å²) >= 11 is 13.5. The molecule has 0 aliphatic rings. The molecule has 0 aliphatic carbocycles. The quantitative estimate of drug-likeness (QED) is 0.205. The first kappa shape index (κ1) is 26.5. The number of methoxy groups -OCH3 is 2. The number of aromatic nitrogens is 4. The lowest BCUT2D eigenvalue weighted by Gasteiger charge is -2.17. The number of imidazole rings is 1. The number of rotatable bonds is 8. The van der Waals surface area contributed by atoms with E-state index < -0.39 is 0 Å². The molecule has 2 aromatic carbocycles. The smallest absolute Gasteiger partial charge is 0.229 e. The third kappa shape index (κ3) is 4.77. The molecule has 3 aromatic heterocycles. The summed E-state index contributed by atoms with van der Waals surface area (Å²) in [6.45, 7) is 7.57. The predicted octanol–water partition coefficient (Wildman–Crippen LogP) is 6.93. The molecule has 0 atom stereocenters. The summed E-state index contributed by atoms with van der Waals surface area (Å²) in [7, 11) is 3.06. The highest BCUT2D eigenvalue weighted by atomic mass is 35.5. The zero-order valence-corrected chi connectivity index (χ0v) is 23.3. The van der Waals surface area contributed by atoms with Crippen molar-refractivity contribution in [2.75, 3.05) is 19.5 Å². The van der Waals surface area contributed by atoms with Crippen molar-refractivity contribution in [2.45, 2.75) is 20.3 Å². The number of halogens is 2. The minimum Gasteiger partial charge on any atom is -0.495 e. The Balaban J connectivity index is 1.66. The van der Waals surface area contributed by atoms with Gasteiger partial charge in [0.05, 0.1) is 24.3 Å². The van der Waals surface area contributed by atoms with Gasteiger partial charge < -0.3 is 14.8 Å². The van der Waals surface area contributed by atoms with Crippen LogP contribution in [0, 0.1) is 13.8 Å². The van der Waals surface area contributed by atoms with E-state index in [1.54, 1.807) is 18.5 Å². The lowest BCUT2D eigenvalue weighted by molar-refractivity contribution is -0.114. The molecule has 39 heavy (non-hydrogen) atoms. The number of hydrogen-bond acceptors (Lipinski definition) is 7. The number of nitrogens with one attached hydrogen (secondary N) is 1. The molecule has 8 nitrogen and oxygen atoms in total. The topological polar surface area (TPSA) is 90.6 Å². The summed E-state index contributed by atoms with van der Waals surface area (Å²) < 4.78 is 12.8. The summed E-state index contributed by atoms with van der Waals surface area (Å²) in [4.78, 5) is 26.1. The van der Waals surface area contributed by atoms with E-state index in [0.29, 0.717) is 49.9 Å². The predicted molar refractivity (Wildman–Crippen MR) is 155 cm³/mol. The number of ether oxygens (including phenoxy) is 2. The van der Waals surface area contributed by atoms with Crippen molar-refractivity contribution in [3.63, 3.8) is 0 Å². The van der Waals surface area contributed by atoms with Gasteiger partial charge in [0, 0.05) is 53.3 Å². The standard InChI is InChI=1S/C29H25Cl2N5O3/c1-6-19(37)11-17-10-15(2)9-16(3)26(17)34-29-33-14-18-12-20(28-32-7-8-36(28)27(18)35-29)23-24(30)21(38-4)13-22(39-5)25(23)31/h6-10,12-14H,1,11H2,2-5H3,(H,33,34,35). The Morgan fingerprint density at radius 3 is 2.44 bits per heavy atom. The van der Waals surface area contributed by atoms with Crippen LogP contribution in [-0.4, -0.2) is 39.4 Å². The Hall–Kier alpha value is -4.14. The van der Waals surface area contributed by atoms with Crippen LogP contribution in [0.15, 0.2) is 55.5 Å². The van der Waals surface area contributed by atoms with Gasteiger partial charge in [-0.1, -0.05) is 47.5 Å². The number of aryl methyl sites for hydroxylation is 2. The second-order valence-corrected chi connectivity index (χ2v) is 9.78. The molecular weight excluding hydrogens is 537 g/mol. The number of hydrogen-bond donors (Lipinski definition) is 1. The van der Waals surface area contributed by atoms with E-state index in [4.69, 9.17) is 37.7 Å². The third-order valence-corrected chi connectivity index (χ3v) is 7.19. The van der Waals surface area contributed by atoms with Crippen molar-refractivity contribution < 1.29 is 14.3 Å². The van der Waals surface area contributed by atoms with E-state index in [1.807, 2.05) is 42.6 Å². The van der Waals surface area contributed by atoms with Gasteiger partial charge in [0.2, 0.25) is 5.95 Å². The highest BCUT2D eigenvalue weighted by Gasteiger charge is 2.23. The third-order valence-electron chi connectivity index (χ3n) is 6.44. The van der Waals surface area contributed by atoms with E-state index in [-0.39, 0.29) is 12.2 Å². The van der Waals surface area contributed by atoms with Gasteiger partial charge in [-0.05, 0) is 37.1 Å². The maximum atomic E-state index is 12.2. The van der Waals surface area contributed by atoms with Gasteiger partial charge in [-0.2, -0.15) is 4.98 Å². The molecular formula is C29H25Cl2N5O3. The van der Waals surface area contributed by atoms with Gasteiger partial charge in [0.25, 0.3) is 0 Å². The van der Waals surface area contributed by atoms with Gasteiger partial charge in [-0.25, -0.2) is 9.97 Å². The van der Waals surface area contributed by atoms with Crippen LogP contribution in [0.25, 0.3) is 27.8 Å². The Morgan fingerprint density at radius 2 is 1.77 bits per heavy atom.